The third-order valence-electron chi connectivity index (χ3n) is 3.34. The Morgan fingerprint density at radius 3 is 2.68 bits per heavy atom. The topological polar surface area (TPSA) is 55.2 Å². The number of rotatable bonds is 5. The average molecular weight is 319 g/mol. The molecule has 1 atom stereocenters. The van der Waals surface area contributed by atoms with Gasteiger partial charge in [-0.3, -0.25) is 14.2 Å². The Balaban J connectivity index is 2.49. The number of thioether (sulfide) groups is 1. The molecule has 0 fully saturated rings. The van der Waals surface area contributed by atoms with Gasteiger partial charge in [0, 0.05) is 20.6 Å². The number of hydrogen-bond donors (Lipinski definition) is 0. The molecule has 118 valence electrons. The predicted octanol–water partition coefficient (Wildman–Crippen LogP) is 2.38. The molecule has 1 aromatic heterocycles. The van der Waals surface area contributed by atoms with Crippen molar-refractivity contribution in [2.45, 2.75) is 37.2 Å². The SMILES string of the molecule is CCCn1c(S[C@H](C)C(=O)N(C)C)nc2ccccc2c1=O. The fraction of sp³-hybridized carbons (Fsp3) is 0.438. The summed E-state index contributed by atoms with van der Waals surface area (Å²) in [6, 6.07) is 7.32. The lowest BCUT2D eigenvalue weighted by Crippen LogP contribution is -2.31. The van der Waals surface area contributed by atoms with E-state index in [0.29, 0.717) is 22.6 Å². The maximum atomic E-state index is 12.6. The van der Waals surface area contributed by atoms with Crippen LogP contribution in [0.2, 0.25) is 0 Å². The van der Waals surface area contributed by atoms with E-state index in [4.69, 9.17) is 0 Å². The molecule has 0 aliphatic carbocycles. The minimum Gasteiger partial charge on any atom is -0.348 e. The molecular weight excluding hydrogens is 298 g/mol. The lowest BCUT2D eigenvalue weighted by atomic mass is 10.2. The molecule has 0 saturated carbocycles. The van der Waals surface area contributed by atoms with Gasteiger partial charge < -0.3 is 4.90 Å². The zero-order valence-electron chi connectivity index (χ0n) is 13.4. The van der Waals surface area contributed by atoms with Crippen molar-refractivity contribution in [3.63, 3.8) is 0 Å². The summed E-state index contributed by atoms with van der Waals surface area (Å²) in [5, 5.41) is 0.936. The van der Waals surface area contributed by atoms with Crippen LogP contribution < -0.4 is 5.56 Å². The molecule has 0 aliphatic rings. The van der Waals surface area contributed by atoms with Crippen molar-refractivity contribution in [3.05, 3.63) is 34.6 Å². The molecule has 1 aromatic carbocycles. The second-order valence-electron chi connectivity index (χ2n) is 5.36. The van der Waals surface area contributed by atoms with Gasteiger partial charge in [0.05, 0.1) is 16.2 Å². The van der Waals surface area contributed by atoms with E-state index < -0.39 is 0 Å². The number of benzene rings is 1. The number of para-hydroxylation sites is 1. The van der Waals surface area contributed by atoms with E-state index in [-0.39, 0.29) is 16.7 Å². The lowest BCUT2D eigenvalue weighted by Gasteiger charge is -2.18. The van der Waals surface area contributed by atoms with Crippen LogP contribution in [0.1, 0.15) is 20.3 Å². The molecule has 5 nitrogen and oxygen atoms in total. The highest BCUT2D eigenvalue weighted by molar-refractivity contribution is 8.00. The Bertz CT molecular complexity index is 740. The third kappa shape index (κ3) is 3.32. The minimum absolute atomic E-state index is 0.00968. The Morgan fingerprint density at radius 2 is 2.05 bits per heavy atom. The quantitative estimate of drug-likeness (QED) is 0.627. The minimum atomic E-state index is -0.286. The van der Waals surface area contributed by atoms with E-state index in [1.807, 2.05) is 32.0 Å². The van der Waals surface area contributed by atoms with E-state index in [9.17, 15) is 9.59 Å². The molecule has 0 spiro atoms. The zero-order chi connectivity index (χ0) is 16.3. The number of carbonyl (C=O) groups is 1. The average Bonchev–Trinajstić information content (AvgIpc) is 2.50. The van der Waals surface area contributed by atoms with Gasteiger partial charge in [-0.2, -0.15) is 0 Å². The van der Waals surface area contributed by atoms with Crippen molar-refractivity contribution in [2.24, 2.45) is 0 Å². The first-order valence-electron chi connectivity index (χ1n) is 7.33. The third-order valence-corrected chi connectivity index (χ3v) is 4.42. The van der Waals surface area contributed by atoms with Crippen molar-refractivity contribution in [1.29, 1.82) is 0 Å². The van der Waals surface area contributed by atoms with E-state index in [2.05, 4.69) is 4.98 Å². The van der Waals surface area contributed by atoms with Crippen molar-refractivity contribution in [2.75, 3.05) is 14.1 Å². The fourth-order valence-corrected chi connectivity index (χ4v) is 3.31. The standard InChI is InChI=1S/C16H21N3O2S/c1-5-10-19-15(21)12-8-6-7-9-13(12)17-16(19)22-11(2)14(20)18(3)4/h6-9,11H,5,10H2,1-4H3/t11-/m1/s1. The largest absolute Gasteiger partial charge is 0.348 e. The first kappa shape index (κ1) is 16.5. The Hall–Kier alpha value is -1.82. The number of carbonyl (C=O) groups excluding carboxylic acids is 1. The summed E-state index contributed by atoms with van der Waals surface area (Å²) in [4.78, 5) is 30.8. The monoisotopic (exact) mass is 319 g/mol. The number of hydrogen-bond acceptors (Lipinski definition) is 4. The number of fused-ring (bicyclic) bond motifs is 1. The molecule has 0 radical (unpaired) electrons. The molecule has 6 heteroatoms. The molecule has 2 rings (SSSR count). The van der Waals surface area contributed by atoms with Crippen molar-refractivity contribution >= 4 is 28.6 Å². The highest BCUT2D eigenvalue weighted by Gasteiger charge is 2.20. The van der Waals surface area contributed by atoms with E-state index in [0.717, 1.165) is 6.42 Å². The van der Waals surface area contributed by atoms with Crippen LogP contribution in [-0.4, -0.2) is 39.7 Å². The zero-order valence-corrected chi connectivity index (χ0v) is 14.2. The van der Waals surface area contributed by atoms with Gasteiger partial charge in [0.25, 0.3) is 5.56 Å². The molecule has 0 bridgehead atoms. The summed E-state index contributed by atoms with van der Waals surface area (Å²) in [6.07, 6.45) is 0.837. The smallest absolute Gasteiger partial charge is 0.262 e. The van der Waals surface area contributed by atoms with Gasteiger partial charge in [-0.15, -0.1) is 0 Å². The van der Waals surface area contributed by atoms with Gasteiger partial charge >= 0.3 is 0 Å². The Kier molecular flexibility index (Phi) is 5.24. The van der Waals surface area contributed by atoms with Gasteiger partial charge in [-0.1, -0.05) is 30.8 Å². The van der Waals surface area contributed by atoms with E-state index >= 15 is 0 Å². The van der Waals surface area contributed by atoms with Crippen molar-refractivity contribution < 1.29 is 4.79 Å². The molecular formula is C16H21N3O2S. The van der Waals surface area contributed by atoms with Gasteiger partial charge in [-0.05, 0) is 25.5 Å². The summed E-state index contributed by atoms with van der Waals surface area (Å²) in [5.74, 6) is 0.00968. The Labute approximate surface area is 134 Å². The van der Waals surface area contributed by atoms with Crippen LogP contribution in [0.3, 0.4) is 0 Å². The van der Waals surface area contributed by atoms with Crippen molar-refractivity contribution in [3.8, 4) is 0 Å². The van der Waals surface area contributed by atoms with Gasteiger partial charge in [-0.25, -0.2) is 4.98 Å². The van der Waals surface area contributed by atoms with Gasteiger partial charge in [0.1, 0.15) is 0 Å². The van der Waals surface area contributed by atoms with Crippen molar-refractivity contribution in [1.82, 2.24) is 14.5 Å². The fourth-order valence-electron chi connectivity index (χ4n) is 2.23. The molecule has 0 unspecified atom stereocenters. The molecule has 1 heterocycles. The first-order chi connectivity index (χ1) is 10.5. The summed E-state index contributed by atoms with van der Waals surface area (Å²) in [6.45, 7) is 4.46. The molecule has 2 aromatic rings. The van der Waals surface area contributed by atoms with E-state index in [1.165, 1.54) is 11.8 Å². The highest BCUT2D eigenvalue weighted by Crippen LogP contribution is 2.23. The number of nitrogens with zero attached hydrogens (tertiary/aromatic N) is 3. The van der Waals surface area contributed by atoms with Crippen LogP contribution in [0.5, 0.6) is 0 Å². The summed E-state index contributed by atoms with van der Waals surface area (Å²) >= 11 is 1.34. The van der Waals surface area contributed by atoms with Crippen LogP contribution in [0.4, 0.5) is 0 Å². The van der Waals surface area contributed by atoms with Crippen LogP contribution in [-0.2, 0) is 11.3 Å². The van der Waals surface area contributed by atoms with Crippen LogP contribution in [0.25, 0.3) is 10.9 Å². The second kappa shape index (κ2) is 6.96. The van der Waals surface area contributed by atoms with Crippen LogP contribution >= 0.6 is 11.8 Å². The number of aromatic nitrogens is 2. The Morgan fingerprint density at radius 1 is 1.36 bits per heavy atom. The van der Waals surface area contributed by atoms with Crippen LogP contribution in [0.15, 0.2) is 34.2 Å². The maximum absolute atomic E-state index is 12.6. The molecule has 0 N–H and O–H groups in total. The molecule has 1 amide bonds. The van der Waals surface area contributed by atoms with Crippen LogP contribution in [0, 0.1) is 0 Å². The summed E-state index contributed by atoms with van der Waals surface area (Å²) in [7, 11) is 3.46. The lowest BCUT2D eigenvalue weighted by molar-refractivity contribution is -0.127. The normalized spacial score (nSPS) is 12.4. The maximum Gasteiger partial charge on any atom is 0.262 e. The van der Waals surface area contributed by atoms with Gasteiger partial charge in [0.2, 0.25) is 5.91 Å². The first-order valence-corrected chi connectivity index (χ1v) is 8.21. The highest BCUT2D eigenvalue weighted by atomic mass is 32.2. The summed E-state index contributed by atoms with van der Waals surface area (Å²) < 4.78 is 1.67. The molecule has 0 aliphatic heterocycles. The molecule has 22 heavy (non-hydrogen) atoms. The number of amides is 1. The predicted molar refractivity (Wildman–Crippen MR) is 90.3 cm³/mol. The molecule has 0 saturated heterocycles. The second-order valence-corrected chi connectivity index (χ2v) is 6.67. The van der Waals surface area contributed by atoms with Gasteiger partial charge in [0.15, 0.2) is 5.16 Å². The summed E-state index contributed by atoms with van der Waals surface area (Å²) in [5.41, 5.74) is 0.631. The van der Waals surface area contributed by atoms with E-state index in [1.54, 1.807) is 29.6 Å².